The summed E-state index contributed by atoms with van der Waals surface area (Å²) >= 11 is 0. The predicted octanol–water partition coefficient (Wildman–Crippen LogP) is 3.44. The number of likely N-dealkylation sites (N-methyl/N-ethyl adjacent to an activating group) is 1. The lowest BCUT2D eigenvalue weighted by atomic mass is 10.00. The van der Waals surface area contributed by atoms with Crippen molar-refractivity contribution in [2.75, 3.05) is 26.7 Å². The monoisotopic (exact) mass is 605 g/mol. The molecule has 1 saturated carbocycles. The molecule has 0 spiro atoms. The number of nitrogens with one attached hydrogen (secondary N) is 1. The van der Waals surface area contributed by atoms with Gasteiger partial charge in [-0.1, -0.05) is 19.9 Å². The molecule has 41 heavy (non-hydrogen) atoms. The summed E-state index contributed by atoms with van der Waals surface area (Å²) in [7, 11) is -2.33. The van der Waals surface area contributed by atoms with Crippen molar-refractivity contribution in [3.8, 4) is 0 Å². The SMILES string of the molecule is CNC(CC(C)C)C(=O)N1CCC(N(CC2CC2)S(=O)(=O)c2cccc(C(F)(F)F)c2)CC1.O=C(O)/C=C/C(=O)O. The fourth-order valence-corrected chi connectivity index (χ4v) is 6.32. The van der Waals surface area contributed by atoms with Gasteiger partial charge < -0.3 is 20.4 Å². The van der Waals surface area contributed by atoms with Gasteiger partial charge in [-0.2, -0.15) is 17.5 Å². The van der Waals surface area contributed by atoms with Crippen molar-refractivity contribution in [3.63, 3.8) is 0 Å². The third-order valence-corrected chi connectivity index (χ3v) is 8.72. The Balaban J connectivity index is 0.000000642. The van der Waals surface area contributed by atoms with Crippen LogP contribution in [0.25, 0.3) is 0 Å². The molecule has 1 aliphatic heterocycles. The Hall–Kier alpha value is -2.97. The van der Waals surface area contributed by atoms with Crippen LogP contribution in [0, 0.1) is 11.8 Å². The molecule has 1 heterocycles. The van der Waals surface area contributed by atoms with Crippen molar-refractivity contribution in [2.45, 2.75) is 69.1 Å². The number of hydrogen-bond acceptors (Lipinski definition) is 6. The van der Waals surface area contributed by atoms with E-state index in [-0.39, 0.29) is 28.8 Å². The van der Waals surface area contributed by atoms with E-state index in [2.05, 4.69) is 19.2 Å². The summed E-state index contributed by atoms with van der Waals surface area (Å²) in [6, 6.07) is 3.34. The van der Waals surface area contributed by atoms with Crippen molar-refractivity contribution in [2.24, 2.45) is 11.8 Å². The quantitative estimate of drug-likeness (QED) is 0.326. The molecule has 3 N–H and O–H groups in total. The molecular formula is C27H38F3N3O7S. The number of nitrogens with zero attached hydrogens (tertiary/aromatic N) is 2. The van der Waals surface area contributed by atoms with Gasteiger partial charge in [-0.05, 0) is 69.2 Å². The zero-order valence-electron chi connectivity index (χ0n) is 23.3. The van der Waals surface area contributed by atoms with Crippen molar-refractivity contribution in [1.82, 2.24) is 14.5 Å². The molecule has 1 aromatic rings. The molecule has 1 amide bonds. The van der Waals surface area contributed by atoms with Gasteiger partial charge in [0.25, 0.3) is 0 Å². The van der Waals surface area contributed by atoms with Crippen LogP contribution in [0.5, 0.6) is 0 Å². The van der Waals surface area contributed by atoms with Crippen LogP contribution < -0.4 is 5.32 Å². The Labute approximate surface area is 238 Å². The summed E-state index contributed by atoms with van der Waals surface area (Å²) in [5.74, 6) is -1.90. The fraction of sp³-hybridized carbons (Fsp3) is 0.593. The molecule has 0 radical (unpaired) electrons. The van der Waals surface area contributed by atoms with E-state index in [1.807, 2.05) is 0 Å². The molecule has 0 bridgehead atoms. The maximum atomic E-state index is 13.4. The summed E-state index contributed by atoms with van der Waals surface area (Å²) in [6.45, 7) is 5.28. The third kappa shape index (κ3) is 10.7. The minimum atomic E-state index is -4.61. The number of rotatable bonds is 11. The van der Waals surface area contributed by atoms with Crippen LogP contribution in [0.4, 0.5) is 13.2 Å². The number of sulfonamides is 1. The van der Waals surface area contributed by atoms with Crippen LogP contribution in [0.1, 0.15) is 51.5 Å². The summed E-state index contributed by atoms with van der Waals surface area (Å²) in [5, 5.41) is 18.7. The van der Waals surface area contributed by atoms with Gasteiger partial charge >= 0.3 is 18.1 Å². The molecule has 10 nitrogen and oxygen atoms in total. The van der Waals surface area contributed by atoms with Gasteiger partial charge in [0.15, 0.2) is 0 Å². The molecule has 0 aromatic heterocycles. The minimum absolute atomic E-state index is 0.0131. The molecule has 1 saturated heterocycles. The van der Waals surface area contributed by atoms with Gasteiger partial charge in [0.1, 0.15) is 0 Å². The number of carbonyl (C=O) groups excluding carboxylic acids is 1. The average molecular weight is 606 g/mol. The lowest BCUT2D eigenvalue weighted by Gasteiger charge is -2.39. The summed E-state index contributed by atoms with van der Waals surface area (Å²) in [5.41, 5.74) is -0.973. The van der Waals surface area contributed by atoms with E-state index in [0.29, 0.717) is 57.0 Å². The number of carbonyl (C=O) groups is 3. The largest absolute Gasteiger partial charge is 0.478 e. The molecule has 2 fully saturated rings. The highest BCUT2D eigenvalue weighted by atomic mass is 32.2. The van der Waals surface area contributed by atoms with Crippen molar-refractivity contribution < 1.29 is 46.2 Å². The summed E-state index contributed by atoms with van der Waals surface area (Å²) in [6.07, 6.45) is -0.00440. The van der Waals surface area contributed by atoms with E-state index in [1.54, 1.807) is 11.9 Å². The number of amides is 1. The molecule has 1 unspecified atom stereocenters. The van der Waals surface area contributed by atoms with E-state index in [4.69, 9.17) is 10.2 Å². The Morgan fingerprint density at radius 2 is 1.63 bits per heavy atom. The normalized spacial score (nSPS) is 17.4. The molecule has 1 atom stereocenters. The number of alkyl halides is 3. The number of likely N-dealkylation sites (tertiary alicyclic amines) is 1. The number of piperidine rings is 1. The van der Waals surface area contributed by atoms with Gasteiger partial charge in [-0.25, -0.2) is 18.0 Å². The van der Waals surface area contributed by atoms with Gasteiger partial charge in [-0.3, -0.25) is 4.79 Å². The first-order valence-corrected chi connectivity index (χ1v) is 14.8. The van der Waals surface area contributed by atoms with Gasteiger partial charge in [-0.15, -0.1) is 0 Å². The number of hydrogen-bond donors (Lipinski definition) is 3. The van der Waals surface area contributed by atoms with Crippen LogP contribution in [-0.2, 0) is 30.6 Å². The molecule has 1 aliphatic carbocycles. The predicted molar refractivity (Wildman–Crippen MR) is 144 cm³/mol. The van der Waals surface area contributed by atoms with Crippen LogP contribution in [0.2, 0.25) is 0 Å². The molecule has 230 valence electrons. The molecule has 3 rings (SSSR count). The highest BCUT2D eigenvalue weighted by Gasteiger charge is 2.40. The number of benzene rings is 1. The first-order chi connectivity index (χ1) is 19.1. The molecule has 14 heteroatoms. The topological polar surface area (TPSA) is 144 Å². The minimum Gasteiger partial charge on any atom is -0.478 e. The zero-order chi connectivity index (χ0) is 31.0. The first kappa shape index (κ1) is 34.2. The fourth-order valence-electron chi connectivity index (χ4n) is 4.52. The maximum absolute atomic E-state index is 13.4. The van der Waals surface area contributed by atoms with Crippen LogP contribution >= 0.6 is 0 Å². The van der Waals surface area contributed by atoms with Crippen molar-refractivity contribution >= 4 is 27.9 Å². The second-order valence-electron chi connectivity index (χ2n) is 10.6. The molecular weight excluding hydrogens is 567 g/mol. The number of aliphatic carboxylic acids is 2. The van der Waals surface area contributed by atoms with Gasteiger partial charge in [0, 0.05) is 37.8 Å². The van der Waals surface area contributed by atoms with E-state index in [9.17, 15) is 36.0 Å². The van der Waals surface area contributed by atoms with Gasteiger partial charge in [0.2, 0.25) is 15.9 Å². The van der Waals surface area contributed by atoms with Crippen LogP contribution in [0.15, 0.2) is 41.3 Å². The second kappa shape index (κ2) is 14.8. The smallest absolute Gasteiger partial charge is 0.416 e. The summed E-state index contributed by atoms with van der Waals surface area (Å²) in [4.78, 5) is 33.5. The number of halogens is 3. The Morgan fingerprint density at radius 1 is 1.07 bits per heavy atom. The third-order valence-electron chi connectivity index (χ3n) is 6.81. The van der Waals surface area contributed by atoms with E-state index >= 15 is 0 Å². The van der Waals surface area contributed by atoms with E-state index in [0.717, 1.165) is 31.0 Å². The maximum Gasteiger partial charge on any atom is 0.416 e. The van der Waals surface area contributed by atoms with E-state index in [1.165, 1.54) is 10.4 Å². The standard InChI is InChI=1S/C23H34F3N3O3S.C4H4O4/c1-16(2)13-21(27-3)22(30)28-11-9-19(10-12-28)29(15-17-7-8-17)33(31,32)20-6-4-5-18(14-20)23(24,25)26;5-3(6)1-2-4(7)8/h4-6,14,16-17,19,21,27H,7-13,15H2,1-3H3;1-2H,(H,5,6)(H,7,8)/b;2-1+. The Morgan fingerprint density at radius 3 is 2.07 bits per heavy atom. The van der Waals surface area contributed by atoms with Crippen LogP contribution in [-0.4, -0.2) is 84.4 Å². The number of carboxylic acid groups (broad SMARTS) is 2. The van der Waals surface area contributed by atoms with E-state index < -0.39 is 33.7 Å². The molecule has 2 aliphatic rings. The van der Waals surface area contributed by atoms with Crippen molar-refractivity contribution in [3.05, 3.63) is 42.0 Å². The number of carboxylic acids is 2. The van der Waals surface area contributed by atoms with Gasteiger partial charge in [0.05, 0.1) is 16.5 Å². The lowest BCUT2D eigenvalue weighted by molar-refractivity contribution is -0.138. The highest BCUT2D eigenvalue weighted by Crippen LogP contribution is 2.36. The molecule has 1 aromatic carbocycles. The highest BCUT2D eigenvalue weighted by molar-refractivity contribution is 7.89. The Kier molecular flexibility index (Phi) is 12.3. The first-order valence-electron chi connectivity index (χ1n) is 13.3. The lowest BCUT2D eigenvalue weighted by Crippen LogP contribution is -2.53. The van der Waals surface area contributed by atoms with Crippen LogP contribution in [0.3, 0.4) is 0 Å². The Bertz CT molecular complexity index is 1180. The second-order valence-corrected chi connectivity index (χ2v) is 12.5. The van der Waals surface area contributed by atoms with Crippen molar-refractivity contribution in [1.29, 1.82) is 0 Å². The average Bonchev–Trinajstić information content (AvgIpc) is 3.73. The zero-order valence-corrected chi connectivity index (χ0v) is 24.1. The summed E-state index contributed by atoms with van der Waals surface area (Å²) < 4.78 is 67.8.